The van der Waals surface area contributed by atoms with Gasteiger partial charge in [0.05, 0.1) is 6.42 Å². The van der Waals surface area contributed by atoms with Crippen molar-refractivity contribution in [2.45, 2.75) is 26.7 Å². The highest BCUT2D eigenvalue weighted by Crippen LogP contribution is 2.18. The number of carbonyl (C=O) groups excluding carboxylic acids is 1. The molecule has 3 nitrogen and oxygen atoms in total. The third-order valence-corrected chi connectivity index (χ3v) is 3.23. The minimum absolute atomic E-state index is 0.0426. The summed E-state index contributed by atoms with van der Waals surface area (Å²) in [4.78, 5) is 11.6. The van der Waals surface area contributed by atoms with Crippen LogP contribution in [0.2, 0.25) is 0 Å². The highest BCUT2D eigenvalue weighted by atomic mass is 32.1. The summed E-state index contributed by atoms with van der Waals surface area (Å²) in [5, 5.41) is 15.7. The lowest BCUT2D eigenvalue weighted by Gasteiger charge is -2.23. The van der Waals surface area contributed by atoms with Gasteiger partial charge in [0.15, 0.2) is 0 Å². The first-order valence-electron chi connectivity index (χ1n) is 5.42. The van der Waals surface area contributed by atoms with Gasteiger partial charge in [0, 0.05) is 13.2 Å². The Labute approximate surface area is 100 Å². The zero-order chi connectivity index (χ0) is 12.0. The van der Waals surface area contributed by atoms with Crippen LogP contribution in [0.1, 0.15) is 25.8 Å². The molecule has 0 radical (unpaired) electrons. The molecule has 90 valence electrons. The number of carbonyl (C=O) groups is 1. The van der Waals surface area contributed by atoms with Crippen molar-refractivity contribution in [2.75, 3.05) is 13.2 Å². The van der Waals surface area contributed by atoms with Gasteiger partial charge in [-0.2, -0.15) is 11.3 Å². The summed E-state index contributed by atoms with van der Waals surface area (Å²) in [7, 11) is 0. The minimum atomic E-state index is -0.0426. The third-order valence-electron chi connectivity index (χ3n) is 2.50. The molecule has 1 rings (SSSR count). The zero-order valence-corrected chi connectivity index (χ0v) is 10.6. The van der Waals surface area contributed by atoms with Crippen LogP contribution >= 0.6 is 11.3 Å². The van der Waals surface area contributed by atoms with E-state index < -0.39 is 0 Å². The van der Waals surface area contributed by atoms with Gasteiger partial charge >= 0.3 is 0 Å². The molecule has 4 heteroatoms. The first-order chi connectivity index (χ1) is 7.53. The molecule has 0 spiro atoms. The van der Waals surface area contributed by atoms with E-state index in [0.717, 1.165) is 5.56 Å². The topological polar surface area (TPSA) is 49.3 Å². The molecule has 0 bridgehead atoms. The molecule has 0 unspecified atom stereocenters. The number of hydrogen-bond acceptors (Lipinski definition) is 3. The first kappa shape index (κ1) is 13.2. The summed E-state index contributed by atoms with van der Waals surface area (Å²) >= 11 is 1.60. The fraction of sp³-hybridized carbons (Fsp3) is 0.583. The number of nitrogens with one attached hydrogen (secondary N) is 1. The summed E-state index contributed by atoms with van der Waals surface area (Å²) in [5.74, 6) is 0.0458. The summed E-state index contributed by atoms with van der Waals surface area (Å²) in [5.41, 5.74) is 1.02. The monoisotopic (exact) mass is 241 g/mol. The molecule has 1 heterocycles. The average Bonchev–Trinajstić information content (AvgIpc) is 2.68. The molecule has 1 aromatic rings. The van der Waals surface area contributed by atoms with Gasteiger partial charge in [-0.15, -0.1) is 0 Å². The molecule has 1 aromatic heterocycles. The van der Waals surface area contributed by atoms with Crippen molar-refractivity contribution in [3.05, 3.63) is 22.4 Å². The zero-order valence-electron chi connectivity index (χ0n) is 9.82. The van der Waals surface area contributed by atoms with Crippen LogP contribution in [0.4, 0.5) is 0 Å². The van der Waals surface area contributed by atoms with E-state index >= 15 is 0 Å². The minimum Gasteiger partial charge on any atom is -0.396 e. The number of amides is 1. The van der Waals surface area contributed by atoms with E-state index in [-0.39, 0.29) is 17.9 Å². The maximum Gasteiger partial charge on any atom is 0.224 e. The molecule has 0 saturated carbocycles. The van der Waals surface area contributed by atoms with Crippen LogP contribution < -0.4 is 5.32 Å². The number of hydrogen-bond donors (Lipinski definition) is 2. The van der Waals surface area contributed by atoms with Gasteiger partial charge in [0.1, 0.15) is 0 Å². The maximum atomic E-state index is 11.6. The molecule has 0 saturated heterocycles. The summed E-state index contributed by atoms with van der Waals surface area (Å²) in [6.45, 7) is 4.84. The van der Waals surface area contributed by atoms with Crippen LogP contribution in [0.25, 0.3) is 0 Å². The fourth-order valence-electron chi connectivity index (χ4n) is 1.37. The summed E-state index contributed by atoms with van der Waals surface area (Å²) in [6, 6.07) is 1.96. The highest BCUT2D eigenvalue weighted by Gasteiger charge is 2.18. The number of aliphatic hydroxyl groups excluding tert-OH is 1. The van der Waals surface area contributed by atoms with Gasteiger partial charge in [-0.1, -0.05) is 13.8 Å². The highest BCUT2D eigenvalue weighted by molar-refractivity contribution is 7.07. The normalized spacial score (nSPS) is 11.4. The second-order valence-electron chi connectivity index (χ2n) is 4.72. The molecule has 0 atom stereocenters. The molecular weight excluding hydrogens is 222 g/mol. The van der Waals surface area contributed by atoms with Gasteiger partial charge in [-0.25, -0.2) is 0 Å². The van der Waals surface area contributed by atoms with Crippen molar-refractivity contribution in [2.24, 2.45) is 5.41 Å². The third kappa shape index (κ3) is 4.77. The fourth-order valence-corrected chi connectivity index (χ4v) is 2.04. The molecule has 0 fully saturated rings. The maximum absolute atomic E-state index is 11.6. The lowest BCUT2D eigenvalue weighted by molar-refractivity contribution is -0.120. The SMILES string of the molecule is CC(C)(CCO)CNC(=O)Cc1ccsc1. The molecule has 0 aliphatic carbocycles. The van der Waals surface area contributed by atoms with E-state index in [1.54, 1.807) is 11.3 Å². The van der Waals surface area contributed by atoms with Crippen LogP contribution in [-0.2, 0) is 11.2 Å². The Morgan fingerprint density at radius 3 is 2.88 bits per heavy atom. The Bertz CT molecular complexity index is 320. The van der Waals surface area contributed by atoms with Gasteiger partial charge < -0.3 is 10.4 Å². The number of thiophene rings is 1. The van der Waals surface area contributed by atoms with Gasteiger partial charge in [-0.05, 0) is 34.2 Å². The molecular formula is C12H19NO2S. The Kier molecular flexibility index (Phi) is 4.96. The second kappa shape index (κ2) is 6.01. The van der Waals surface area contributed by atoms with Gasteiger partial charge in [-0.3, -0.25) is 4.79 Å². The Hall–Kier alpha value is -0.870. The van der Waals surface area contributed by atoms with Crippen molar-refractivity contribution in [1.82, 2.24) is 5.32 Å². The molecule has 0 aromatic carbocycles. The van der Waals surface area contributed by atoms with Gasteiger partial charge in [0.2, 0.25) is 5.91 Å². The first-order valence-corrected chi connectivity index (χ1v) is 6.36. The van der Waals surface area contributed by atoms with Gasteiger partial charge in [0.25, 0.3) is 0 Å². The van der Waals surface area contributed by atoms with E-state index in [9.17, 15) is 4.79 Å². The van der Waals surface area contributed by atoms with Crippen LogP contribution in [0.5, 0.6) is 0 Å². The average molecular weight is 241 g/mol. The van der Waals surface area contributed by atoms with Crippen molar-refractivity contribution >= 4 is 17.2 Å². The summed E-state index contributed by atoms with van der Waals surface area (Å²) < 4.78 is 0. The van der Waals surface area contributed by atoms with E-state index in [1.165, 1.54) is 0 Å². The quantitative estimate of drug-likeness (QED) is 0.798. The molecule has 0 aliphatic rings. The smallest absolute Gasteiger partial charge is 0.224 e. The van der Waals surface area contributed by atoms with Crippen molar-refractivity contribution in [3.8, 4) is 0 Å². The lowest BCUT2D eigenvalue weighted by Crippen LogP contribution is -2.35. The standard InChI is InChI=1S/C12H19NO2S/c1-12(2,4-5-14)9-13-11(15)7-10-3-6-16-8-10/h3,6,8,14H,4-5,7,9H2,1-2H3,(H,13,15). The molecule has 2 N–H and O–H groups in total. The second-order valence-corrected chi connectivity index (χ2v) is 5.50. The van der Waals surface area contributed by atoms with E-state index in [1.807, 2.05) is 30.7 Å². The van der Waals surface area contributed by atoms with Crippen LogP contribution in [-0.4, -0.2) is 24.2 Å². The summed E-state index contributed by atoms with van der Waals surface area (Å²) in [6.07, 6.45) is 1.14. The predicted octanol–water partition coefficient (Wildman–Crippen LogP) is 1.82. The van der Waals surface area contributed by atoms with Crippen molar-refractivity contribution < 1.29 is 9.90 Å². The Balaban J connectivity index is 2.30. The lowest BCUT2D eigenvalue weighted by atomic mass is 9.90. The van der Waals surface area contributed by atoms with Crippen LogP contribution in [0, 0.1) is 5.41 Å². The molecule has 1 amide bonds. The van der Waals surface area contributed by atoms with Crippen molar-refractivity contribution in [3.63, 3.8) is 0 Å². The largest absolute Gasteiger partial charge is 0.396 e. The predicted molar refractivity (Wildman–Crippen MR) is 66.5 cm³/mol. The molecule has 16 heavy (non-hydrogen) atoms. The van der Waals surface area contributed by atoms with Crippen LogP contribution in [0.3, 0.4) is 0 Å². The Morgan fingerprint density at radius 1 is 1.56 bits per heavy atom. The number of aliphatic hydroxyl groups is 1. The van der Waals surface area contributed by atoms with Crippen molar-refractivity contribution in [1.29, 1.82) is 0 Å². The molecule has 0 aliphatic heterocycles. The van der Waals surface area contributed by atoms with E-state index in [4.69, 9.17) is 5.11 Å². The number of rotatable bonds is 6. The Morgan fingerprint density at radius 2 is 2.31 bits per heavy atom. The van der Waals surface area contributed by atoms with E-state index in [0.29, 0.717) is 19.4 Å². The van der Waals surface area contributed by atoms with E-state index in [2.05, 4.69) is 5.32 Å². The van der Waals surface area contributed by atoms with Crippen LogP contribution in [0.15, 0.2) is 16.8 Å².